The maximum Gasteiger partial charge on any atom is 0.409 e. The topological polar surface area (TPSA) is 78.9 Å². The van der Waals surface area contributed by atoms with Crippen LogP contribution < -0.4 is 9.47 Å². The lowest BCUT2D eigenvalue weighted by Gasteiger charge is -1.98. The summed E-state index contributed by atoms with van der Waals surface area (Å²) in [6.45, 7) is 0.239. The van der Waals surface area contributed by atoms with E-state index in [1.54, 1.807) is 48.5 Å². The number of carbonyl (C=O) groups is 3. The zero-order valence-electron chi connectivity index (χ0n) is 16.3. The van der Waals surface area contributed by atoms with Crippen molar-refractivity contribution in [2.24, 2.45) is 0 Å². The molecule has 10 heteroatoms. The SMILES string of the molecule is O=C(Cl)OCc1ccccc1.O=C(Cl)Oc1ccc(Br)cc1.O=C(Cl)Oc1ccccc1. The molecule has 0 aliphatic heterocycles. The average Bonchev–Trinajstić information content (AvgIpc) is 2.76. The van der Waals surface area contributed by atoms with E-state index in [1.165, 1.54) is 0 Å². The van der Waals surface area contributed by atoms with Gasteiger partial charge < -0.3 is 14.2 Å². The number of benzene rings is 3. The van der Waals surface area contributed by atoms with Gasteiger partial charge in [0.25, 0.3) is 0 Å². The maximum atomic E-state index is 10.2. The van der Waals surface area contributed by atoms with Crippen molar-refractivity contribution in [1.82, 2.24) is 0 Å². The van der Waals surface area contributed by atoms with E-state index in [9.17, 15) is 14.4 Å². The van der Waals surface area contributed by atoms with Crippen molar-refractivity contribution in [2.75, 3.05) is 0 Å². The molecular weight excluding hydrogens is 546 g/mol. The molecule has 0 aliphatic carbocycles. The van der Waals surface area contributed by atoms with Crippen molar-refractivity contribution in [3.63, 3.8) is 0 Å². The summed E-state index contributed by atoms with van der Waals surface area (Å²) in [6.07, 6.45) is 0. The van der Waals surface area contributed by atoms with E-state index in [2.05, 4.69) is 30.1 Å². The molecular formula is C22H16BrCl3O6. The first-order chi connectivity index (χ1) is 15.3. The molecule has 168 valence electrons. The molecule has 0 saturated heterocycles. The number of halogens is 4. The minimum Gasteiger partial charge on any atom is -0.449 e. The Morgan fingerprint density at radius 1 is 0.625 bits per heavy atom. The first-order valence-corrected chi connectivity index (χ1v) is 10.6. The second-order valence-electron chi connectivity index (χ2n) is 5.46. The van der Waals surface area contributed by atoms with Crippen LogP contribution in [0.25, 0.3) is 0 Å². The molecule has 0 unspecified atom stereocenters. The van der Waals surface area contributed by atoms with Crippen molar-refractivity contribution >= 4 is 67.0 Å². The highest BCUT2D eigenvalue weighted by Crippen LogP contribution is 2.16. The van der Waals surface area contributed by atoms with Crippen molar-refractivity contribution < 1.29 is 28.6 Å². The van der Waals surface area contributed by atoms with E-state index in [4.69, 9.17) is 34.8 Å². The van der Waals surface area contributed by atoms with Crippen LogP contribution in [0.5, 0.6) is 11.5 Å². The lowest BCUT2D eigenvalue weighted by Crippen LogP contribution is -1.94. The molecule has 0 atom stereocenters. The van der Waals surface area contributed by atoms with Crippen LogP contribution in [0.15, 0.2) is 89.4 Å². The molecule has 0 aliphatic rings. The van der Waals surface area contributed by atoms with Gasteiger partial charge in [-0.3, -0.25) is 0 Å². The number of hydrogen-bond donors (Lipinski definition) is 0. The second-order valence-corrected chi connectivity index (χ2v) is 7.30. The molecule has 0 saturated carbocycles. The van der Waals surface area contributed by atoms with Crippen LogP contribution >= 0.6 is 50.7 Å². The Morgan fingerprint density at radius 2 is 1.06 bits per heavy atom. The minimum absolute atomic E-state index is 0.239. The van der Waals surface area contributed by atoms with Gasteiger partial charge in [-0.25, -0.2) is 14.4 Å². The highest BCUT2D eigenvalue weighted by molar-refractivity contribution is 9.10. The summed E-state index contributed by atoms with van der Waals surface area (Å²) >= 11 is 18.1. The molecule has 0 N–H and O–H groups in total. The van der Waals surface area contributed by atoms with Crippen molar-refractivity contribution in [3.8, 4) is 11.5 Å². The Balaban J connectivity index is 0.000000240. The highest BCUT2D eigenvalue weighted by atomic mass is 79.9. The predicted molar refractivity (Wildman–Crippen MR) is 127 cm³/mol. The number of rotatable bonds is 4. The van der Waals surface area contributed by atoms with Crippen LogP contribution in [0.2, 0.25) is 0 Å². The largest absolute Gasteiger partial charge is 0.449 e. The van der Waals surface area contributed by atoms with Gasteiger partial charge >= 0.3 is 16.3 Å². The Hall–Kier alpha value is -2.58. The molecule has 0 amide bonds. The van der Waals surface area contributed by atoms with E-state index >= 15 is 0 Å². The molecule has 6 nitrogen and oxygen atoms in total. The normalized spacial score (nSPS) is 9.12. The predicted octanol–water partition coefficient (Wildman–Crippen LogP) is 8.17. The third-order valence-electron chi connectivity index (χ3n) is 3.15. The fourth-order valence-electron chi connectivity index (χ4n) is 1.89. The number of ether oxygens (including phenoxy) is 3. The summed E-state index contributed by atoms with van der Waals surface area (Å²) in [5, 5.41) is 0. The van der Waals surface area contributed by atoms with E-state index in [0.717, 1.165) is 10.0 Å². The molecule has 0 heterocycles. The number of para-hydroxylation sites is 1. The molecule has 3 rings (SSSR count). The maximum absolute atomic E-state index is 10.2. The lowest BCUT2D eigenvalue weighted by molar-refractivity contribution is 0.167. The summed E-state index contributed by atoms with van der Waals surface area (Å²) in [7, 11) is 0. The first-order valence-electron chi connectivity index (χ1n) is 8.67. The molecule has 32 heavy (non-hydrogen) atoms. The lowest BCUT2D eigenvalue weighted by atomic mass is 10.2. The molecule has 0 bridgehead atoms. The summed E-state index contributed by atoms with van der Waals surface area (Å²) in [5.41, 5.74) is -1.48. The summed E-state index contributed by atoms with van der Waals surface area (Å²) < 4.78 is 14.6. The molecule has 0 radical (unpaired) electrons. The second kappa shape index (κ2) is 16.1. The summed E-state index contributed by atoms with van der Waals surface area (Å²) in [4.78, 5) is 30.5. The minimum atomic E-state index is -0.827. The first kappa shape index (κ1) is 27.5. The molecule has 0 spiro atoms. The third-order valence-corrected chi connectivity index (χ3v) is 3.94. The van der Waals surface area contributed by atoms with Gasteiger partial charge in [0.2, 0.25) is 0 Å². The monoisotopic (exact) mass is 560 g/mol. The van der Waals surface area contributed by atoms with Crippen molar-refractivity contribution in [1.29, 1.82) is 0 Å². The number of carbonyl (C=O) groups excluding carboxylic acids is 3. The molecule has 3 aromatic carbocycles. The number of hydrogen-bond acceptors (Lipinski definition) is 6. The Bertz CT molecular complexity index is 970. The summed E-state index contributed by atoms with van der Waals surface area (Å²) in [6, 6.07) is 24.8. The van der Waals surface area contributed by atoms with E-state index in [1.807, 2.05) is 36.4 Å². The van der Waals surface area contributed by atoms with Gasteiger partial charge in [0.05, 0.1) is 0 Å². The highest BCUT2D eigenvalue weighted by Gasteiger charge is 1.98. The summed E-state index contributed by atoms with van der Waals surface area (Å²) in [5.74, 6) is 0.899. The van der Waals surface area contributed by atoms with Gasteiger partial charge in [-0.05, 0) is 42.0 Å². The Kier molecular flexibility index (Phi) is 13.8. The Morgan fingerprint density at radius 3 is 1.50 bits per heavy atom. The standard InChI is InChI=1S/C8H7ClO2.C7H4BrClO2.C7H5ClO2/c9-8(10)11-6-7-4-2-1-3-5-7;8-5-1-3-6(4-2-5)11-7(9)10;8-7(9)10-6-4-2-1-3-5-6/h1-5H,6H2;1-4H;1-5H. The molecule has 0 aromatic heterocycles. The van der Waals surface area contributed by atoms with Gasteiger partial charge in [0, 0.05) is 39.3 Å². The van der Waals surface area contributed by atoms with E-state index < -0.39 is 16.3 Å². The zero-order valence-corrected chi connectivity index (χ0v) is 20.1. The van der Waals surface area contributed by atoms with Gasteiger partial charge in [-0.1, -0.05) is 64.5 Å². The van der Waals surface area contributed by atoms with Crippen LogP contribution in [0.1, 0.15) is 5.56 Å². The zero-order chi connectivity index (χ0) is 23.8. The molecule has 3 aromatic rings. The van der Waals surface area contributed by atoms with E-state index in [0.29, 0.717) is 11.5 Å². The van der Waals surface area contributed by atoms with Crippen LogP contribution in [-0.4, -0.2) is 16.3 Å². The average molecular weight is 563 g/mol. The fraction of sp³-hybridized carbons (Fsp3) is 0.0455. The van der Waals surface area contributed by atoms with Crippen LogP contribution in [0.4, 0.5) is 14.4 Å². The van der Waals surface area contributed by atoms with Crippen molar-refractivity contribution in [2.45, 2.75) is 6.61 Å². The van der Waals surface area contributed by atoms with Gasteiger partial charge in [-0.2, -0.15) is 0 Å². The quantitative estimate of drug-likeness (QED) is 0.299. The van der Waals surface area contributed by atoms with Crippen LogP contribution in [-0.2, 0) is 11.3 Å². The van der Waals surface area contributed by atoms with Gasteiger partial charge in [-0.15, -0.1) is 0 Å². The van der Waals surface area contributed by atoms with Crippen molar-refractivity contribution in [3.05, 3.63) is 95.0 Å². The third kappa shape index (κ3) is 14.4. The van der Waals surface area contributed by atoms with Gasteiger partial charge in [0.15, 0.2) is 0 Å². The molecule has 0 fully saturated rings. The smallest absolute Gasteiger partial charge is 0.409 e. The van der Waals surface area contributed by atoms with Crippen LogP contribution in [0.3, 0.4) is 0 Å². The van der Waals surface area contributed by atoms with Crippen LogP contribution in [0, 0.1) is 0 Å². The van der Waals surface area contributed by atoms with Gasteiger partial charge in [0.1, 0.15) is 18.1 Å². The fourth-order valence-corrected chi connectivity index (χ4v) is 2.39. The Labute approximate surface area is 208 Å². The van der Waals surface area contributed by atoms with E-state index in [-0.39, 0.29) is 6.61 Å².